The molecule has 26 heavy (non-hydrogen) atoms. The zero-order valence-corrected chi connectivity index (χ0v) is 15.2. The first-order valence-electron chi connectivity index (χ1n) is 8.80. The fourth-order valence-corrected chi connectivity index (χ4v) is 3.21. The third-order valence-electron chi connectivity index (χ3n) is 4.73. The zero-order valence-electron chi connectivity index (χ0n) is 15.2. The summed E-state index contributed by atoms with van der Waals surface area (Å²) in [5.74, 6) is 1.23. The van der Waals surface area contributed by atoms with Crippen molar-refractivity contribution in [1.29, 1.82) is 0 Å². The van der Waals surface area contributed by atoms with Gasteiger partial charge >= 0.3 is 6.03 Å². The van der Waals surface area contributed by atoms with E-state index in [1.54, 1.807) is 42.2 Å². The number of carbonyl (C=O) groups excluding carboxylic acids is 2. The number of ether oxygens (including phenoxy) is 3. The monoisotopic (exact) mass is 363 g/mol. The third kappa shape index (κ3) is 4.01. The van der Waals surface area contributed by atoms with E-state index < -0.39 is 0 Å². The summed E-state index contributed by atoms with van der Waals surface area (Å²) in [6.07, 6.45) is 1.41. The Morgan fingerprint density at radius 3 is 2.46 bits per heavy atom. The van der Waals surface area contributed by atoms with Gasteiger partial charge in [0, 0.05) is 38.9 Å². The molecular formula is C18H25N3O5. The third-order valence-corrected chi connectivity index (χ3v) is 4.73. The molecular weight excluding hydrogens is 338 g/mol. The lowest BCUT2D eigenvalue weighted by Gasteiger charge is -2.35. The normalized spacial score (nSPS) is 20.0. The molecule has 0 aromatic heterocycles. The van der Waals surface area contributed by atoms with E-state index in [9.17, 15) is 9.59 Å². The molecule has 0 bridgehead atoms. The molecule has 8 nitrogen and oxygen atoms in total. The molecule has 0 radical (unpaired) electrons. The lowest BCUT2D eigenvalue weighted by atomic mass is 10.2. The number of hydrogen-bond acceptors (Lipinski definition) is 5. The molecule has 1 atom stereocenters. The number of nitrogens with zero attached hydrogens (tertiary/aromatic N) is 2. The quantitative estimate of drug-likeness (QED) is 0.878. The van der Waals surface area contributed by atoms with Crippen molar-refractivity contribution >= 4 is 17.6 Å². The van der Waals surface area contributed by atoms with E-state index in [4.69, 9.17) is 14.2 Å². The van der Waals surface area contributed by atoms with Crippen molar-refractivity contribution in [3.05, 3.63) is 18.2 Å². The van der Waals surface area contributed by atoms with E-state index in [0.717, 1.165) is 12.8 Å². The number of anilines is 1. The predicted molar refractivity (Wildman–Crippen MR) is 95.7 cm³/mol. The molecule has 2 heterocycles. The van der Waals surface area contributed by atoms with Crippen LogP contribution in [0, 0.1) is 0 Å². The van der Waals surface area contributed by atoms with Gasteiger partial charge in [-0.1, -0.05) is 0 Å². The van der Waals surface area contributed by atoms with Crippen molar-refractivity contribution in [1.82, 2.24) is 9.80 Å². The molecule has 2 fully saturated rings. The molecule has 1 unspecified atom stereocenters. The topological polar surface area (TPSA) is 80.3 Å². The van der Waals surface area contributed by atoms with Crippen LogP contribution in [-0.2, 0) is 9.53 Å². The number of carbonyl (C=O) groups is 2. The van der Waals surface area contributed by atoms with Gasteiger partial charge < -0.3 is 29.3 Å². The van der Waals surface area contributed by atoms with E-state index in [2.05, 4.69) is 5.32 Å². The van der Waals surface area contributed by atoms with Crippen LogP contribution in [0.1, 0.15) is 12.8 Å². The van der Waals surface area contributed by atoms with Gasteiger partial charge in [-0.3, -0.25) is 4.79 Å². The maximum atomic E-state index is 12.6. The smallest absolute Gasteiger partial charge is 0.322 e. The Kier molecular flexibility index (Phi) is 5.82. The van der Waals surface area contributed by atoms with Gasteiger partial charge in [0.25, 0.3) is 5.91 Å². The molecule has 1 aromatic carbocycles. The van der Waals surface area contributed by atoms with Gasteiger partial charge in [-0.05, 0) is 25.0 Å². The van der Waals surface area contributed by atoms with Crippen LogP contribution in [0.3, 0.4) is 0 Å². The van der Waals surface area contributed by atoms with Crippen molar-refractivity contribution < 1.29 is 23.8 Å². The second kappa shape index (κ2) is 8.27. The minimum absolute atomic E-state index is 0.0389. The highest BCUT2D eigenvalue weighted by atomic mass is 16.5. The highest BCUT2D eigenvalue weighted by Gasteiger charge is 2.31. The van der Waals surface area contributed by atoms with Crippen molar-refractivity contribution in [3.8, 4) is 11.5 Å². The van der Waals surface area contributed by atoms with Gasteiger partial charge in [-0.2, -0.15) is 0 Å². The Morgan fingerprint density at radius 2 is 1.85 bits per heavy atom. The average molecular weight is 363 g/mol. The summed E-state index contributed by atoms with van der Waals surface area (Å²) in [6.45, 7) is 2.65. The summed E-state index contributed by atoms with van der Waals surface area (Å²) < 4.78 is 15.9. The van der Waals surface area contributed by atoms with Crippen molar-refractivity contribution in [3.63, 3.8) is 0 Å². The summed E-state index contributed by atoms with van der Waals surface area (Å²) in [7, 11) is 3.12. The number of methoxy groups -OCH3 is 2. The number of piperazine rings is 1. The first kappa shape index (κ1) is 18.3. The molecule has 0 aliphatic carbocycles. The Morgan fingerprint density at radius 1 is 1.12 bits per heavy atom. The second-order valence-electron chi connectivity index (χ2n) is 6.31. The lowest BCUT2D eigenvalue weighted by molar-refractivity contribution is -0.142. The van der Waals surface area contributed by atoms with E-state index in [0.29, 0.717) is 50.0 Å². The Hall–Kier alpha value is -2.48. The van der Waals surface area contributed by atoms with Gasteiger partial charge in [-0.15, -0.1) is 0 Å². The van der Waals surface area contributed by atoms with Gasteiger partial charge in [0.1, 0.15) is 17.6 Å². The zero-order chi connectivity index (χ0) is 18.5. The van der Waals surface area contributed by atoms with Crippen LogP contribution in [0.4, 0.5) is 10.5 Å². The number of amides is 3. The molecule has 2 aliphatic rings. The maximum absolute atomic E-state index is 12.6. The van der Waals surface area contributed by atoms with Crippen molar-refractivity contribution in [2.24, 2.45) is 0 Å². The first-order valence-corrected chi connectivity index (χ1v) is 8.80. The number of urea groups is 1. The predicted octanol–water partition coefficient (Wildman–Crippen LogP) is 1.56. The van der Waals surface area contributed by atoms with Crippen LogP contribution < -0.4 is 14.8 Å². The molecule has 0 spiro atoms. The minimum atomic E-state index is -0.309. The number of rotatable bonds is 4. The highest BCUT2D eigenvalue weighted by molar-refractivity contribution is 5.91. The lowest BCUT2D eigenvalue weighted by Crippen LogP contribution is -2.53. The summed E-state index contributed by atoms with van der Waals surface area (Å²) in [5.41, 5.74) is 0.551. The Labute approximate surface area is 153 Å². The van der Waals surface area contributed by atoms with Gasteiger partial charge in [0.05, 0.1) is 19.9 Å². The summed E-state index contributed by atoms with van der Waals surface area (Å²) in [4.78, 5) is 28.4. The minimum Gasteiger partial charge on any atom is -0.497 e. The maximum Gasteiger partial charge on any atom is 0.322 e. The van der Waals surface area contributed by atoms with E-state index >= 15 is 0 Å². The van der Waals surface area contributed by atoms with Crippen LogP contribution in [-0.4, -0.2) is 74.8 Å². The molecule has 1 aromatic rings. The highest BCUT2D eigenvalue weighted by Crippen LogP contribution is 2.29. The van der Waals surface area contributed by atoms with E-state index in [1.807, 2.05) is 0 Å². The SMILES string of the molecule is COc1ccc(OC)c(NC(=O)N2CCN(C(=O)C3CCCO3)CC2)c1. The summed E-state index contributed by atoms with van der Waals surface area (Å²) in [5, 5.41) is 2.86. The van der Waals surface area contributed by atoms with Crippen LogP contribution in [0.2, 0.25) is 0 Å². The molecule has 8 heteroatoms. The molecule has 2 aliphatic heterocycles. The molecule has 3 amide bonds. The first-order chi connectivity index (χ1) is 12.6. The molecule has 3 rings (SSSR count). The van der Waals surface area contributed by atoms with E-state index in [1.165, 1.54) is 0 Å². The number of benzene rings is 1. The van der Waals surface area contributed by atoms with Crippen molar-refractivity contribution in [2.75, 3.05) is 52.3 Å². The fourth-order valence-electron chi connectivity index (χ4n) is 3.21. The molecule has 0 saturated carbocycles. The Balaban J connectivity index is 1.56. The summed E-state index contributed by atoms with van der Waals surface area (Å²) >= 11 is 0. The van der Waals surface area contributed by atoms with Gasteiger partial charge in [0.15, 0.2) is 0 Å². The standard InChI is InChI=1S/C18H25N3O5/c1-24-13-5-6-15(25-2)14(12-13)19-18(23)21-9-7-20(8-10-21)17(22)16-4-3-11-26-16/h5-6,12,16H,3-4,7-11H2,1-2H3,(H,19,23). The Bertz CT molecular complexity index is 652. The van der Waals surface area contributed by atoms with Crippen LogP contribution >= 0.6 is 0 Å². The number of hydrogen-bond donors (Lipinski definition) is 1. The van der Waals surface area contributed by atoms with Gasteiger partial charge in [0.2, 0.25) is 0 Å². The molecule has 2 saturated heterocycles. The average Bonchev–Trinajstić information content (AvgIpc) is 3.22. The van der Waals surface area contributed by atoms with Crippen LogP contribution in [0.5, 0.6) is 11.5 Å². The van der Waals surface area contributed by atoms with Crippen LogP contribution in [0.15, 0.2) is 18.2 Å². The second-order valence-corrected chi connectivity index (χ2v) is 6.31. The molecule has 1 N–H and O–H groups in total. The molecule has 142 valence electrons. The van der Waals surface area contributed by atoms with Crippen LogP contribution in [0.25, 0.3) is 0 Å². The number of nitrogens with one attached hydrogen (secondary N) is 1. The summed E-state index contributed by atoms with van der Waals surface area (Å²) in [6, 6.07) is 5.01. The fraction of sp³-hybridized carbons (Fsp3) is 0.556. The van der Waals surface area contributed by atoms with E-state index in [-0.39, 0.29) is 18.0 Å². The van der Waals surface area contributed by atoms with Gasteiger partial charge in [-0.25, -0.2) is 4.79 Å². The largest absolute Gasteiger partial charge is 0.497 e. The van der Waals surface area contributed by atoms with Crippen molar-refractivity contribution in [2.45, 2.75) is 18.9 Å².